The molecule has 0 aliphatic heterocycles. The number of carbonyl (C=O) groups excluding carboxylic acids is 1. The number of hydrogen-bond donors (Lipinski definition) is 2. The van der Waals surface area contributed by atoms with Gasteiger partial charge >= 0.3 is 0 Å². The minimum absolute atomic E-state index is 0.00457. The van der Waals surface area contributed by atoms with E-state index in [1.54, 1.807) is 31.2 Å². The van der Waals surface area contributed by atoms with Crippen LogP contribution < -0.4 is 11.5 Å². The van der Waals surface area contributed by atoms with Crippen molar-refractivity contribution in [1.29, 1.82) is 0 Å². The first-order chi connectivity index (χ1) is 10.4. The molecule has 0 aliphatic carbocycles. The number of hydrogen-bond acceptors (Lipinski definition) is 1. The first-order valence-electron chi connectivity index (χ1n) is 6.54. The molecule has 0 bridgehead atoms. The Morgan fingerprint density at radius 3 is 2.50 bits per heavy atom. The van der Waals surface area contributed by atoms with Gasteiger partial charge < -0.3 is 11.5 Å². The predicted molar refractivity (Wildman–Crippen MR) is 86.1 cm³/mol. The fourth-order valence-electron chi connectivity index (χ4n) is 2.25. The lowest BCUT2D eigenvalue weighted by Gasteiger charge is -2.12. The molecule has 0 aliphatic rings. The Labute approximate surface area is 132 Å². The van der Waals surface area contributed by atoms with Gasteiger partial charge in [-0.05, 0) is 53.4 Å². The number of benzene rings is 2. The summed E-state index contributed by atoms with van der Waals surface area (Å²) in [7, 11) is 0. The Morgan fingerprint density at radius 2 is 1.86 bits per heavy atom. The molecule has 2 rings (SSSR count). The molecule has 0 atom stereocenters. The highest BCUT2D eigenvalue weighted by molar-refractivity contribution is 6.30. The maximum absolute atomic E-state index is 13.3. The number of nitrogens with zero attached hydrogens (tertiary/aromatic N) is 1. The molecule has 0 spiro atoms. The van der Waals surface area contributed by atoms with Crippen LogP contribution in [0.3, 0.4) is 0 Å². The lowest BCUT2D eigenvalue weighted by atomic mass is 9.94. The van der Waals surface area contributed by atoms with E-state index >= 15 is 0 Å². The van der Waals surface area contributed by atoms with E-state index in [0.29, 0.717) is 10.6 Å². The first kappa shape index (κ1) is 16.0. The second-order valence-electron chi connectivity index (χ2n) is 4.87. The second-order valence-corrected chi connectivity index (χ2v) is 5.30. The largest absolute Gasteiger partial charge is 0.370 e. The molecule has 4 nitrogen and oxygen atoms in total. The third-order valence-electron chi connectivity index (χ3n) is 3.14. The van der Waals surface area contributed by atoms with Gasteiger partial charge in [-0.15, -0.1) is 0 Å². The van der Waals surface area contributed by atoms with Gasteiger partial charge in [-0.25, -0.2) is 4.39 Å². The van der Waals surface area contributed by atoms with Crippen LogP contribution in [0.15, 0.2) is 41.4 Å². The van der Waals surface area contributed by atoms with E-state index in [-0.39, 0.29) is 18.2 Å². The third kappa shape index (κ3) is 3.83. The average molecular weight is 320 g/mol. The topological polar surface area (TPSA) is 81.5 Å². The Bertz CT molecular complexity index is 755. The molecule has 0 saturated heterocycles. The van der Waals surface area contributed by atoms with Gasteiger partial charge in [0.1, 0.15) is 5.82 Å². The third-order valence-corrected chi connectivity index (χ3v) is 3.38. The molecule has 0 aromatic heterocycles. The number of guanidine groups is 1. The van der Waals surface area contributed by atoms with Gasteiger partial charge in [-0.1, -0.05) is 23.7 Å². The van der Waals surface area contributed by atoms with Crippen LogP contribution in [0.4, 0.5) is 4.39 Å². The van der Waals surface area contributed by atoms with Crippen molar-refractivity contribution < 1.29 is 9.18 Å². The molecule has 2 aromatic carbocycles. The summed E-state index contributed by atoms with van der Waals surface area (Å²) in [5.41, 5.74) is 13.5. The summed E-state index contributed by atoms with van der Waals surface area (Å²) in [6.45, 7) is 1.80. The summed E-state index contributed by atoms with van der Waals surface area (Å²) in [6.07, 6.45) is 0.00457. The van der Waals surface area contributed by atoms with Crippen molar-refractivity contribution in [1.82, 2.24) is 0 Å². The van der Waals surface area contributed by atoms with Gasteiger partial charge in [-0.3, -0.25) is 4.79 Å². The number of amides is 1. The Balaban J connectivity index is 2.48. The van der Waals surface area contributed by atoms with E-state index in [1.807, 2.05) is 0 Å². The second kappa shape index (κ2) is 6.58. The van der Waals surface area contributed by atoms with Crippen LogP contribution in [-0.4, -0.2) is 11.9 Å². The molecule has 114 valence electrons. The van der Waals surface area contributed by atoms with Gasteiger partial charge in [0.15, 0.2) is 5.96 Å². The van der Waals surface area contributed by atoms with Crippen LogP contribution >= 0.6 is 11.6 Å². The number of aryl methyl sites for hydroxylation is 1. The molecule has 22 heavy (non-hydrogen) atoms. The van der Waals surface area contributed by atoms with Crippen molar-refractivity contribution in [2.45, 2.75) is 13.3 Å². The van der Waals surface area contributed by atoms with E-state index < -0.39 is 5.91 Å². The van der Waals surface area contributed by atoms with E-state index in [2.05, 4.69) is 4.99 Å². The van der Waals surface area contributed by atoms with Crippen LogP contribution in [0, 0.1) is 12.7 Å². The molecule has 6 heteroatoms. The maximum Gasteiger partial charge on any atom is 0.253 e. The lowest BCUT2D eigenvalue weighted by molar-refractivity contribution is -0.117. The summed E-state index contributed by atoms with van der Waals surface area (Å²) in [4.78, 5) is 15.3. The molecule has 0 fully saturated rings. The SMILES string of the molecule is Cc1cc(F)ccc1-c1ccc(Cl)cc1CC(=O)N=C(N)N. The van der Waals surface area contributed by atoms with Gasteiger partial charge in [0.2, 0.25) is 0 Å². The highest BCUT2D eigenvalue weighted by atomic mass is 35.5. The molecule has 2 aromatic rings. The van der Waals surface area contributed by atoms with Crippen LogP contribution in [-0.2, 0) is 11.2 Å². The molecule has 0 saturated carbocycles. The van der Waals surface area contributed by atoms with Gasteiger partial charge in [0.05, 0.1) is 6.42 Å². The molecule has 4 N–H and O–H groups in total. The summed E-state index contributed by atoms with van der Waals surface area (Å²) in [6, 6.07) is 9.67. The normalized spacial score (nSPS) is 10.3. The number of aliphatic imine (C=N–C) groups is 1. The fraction of sp³-hybridized carbons (Fsp3) is 0.125. The van der Waals surface area contributed by atoms with Crippen molar-refractivity contribution in [3.05, 3.63) is 58.4 Å². The smallest absolute Gasteiger partial charge is 0.253 e. The van der Waals surface area contributed by atoms with E-state index in [9.17, 15) is 9.18 Å². The van der Waals surface area contributed by atoms with Crippen molar-refractivity contribution in [3.8, 4) is 11.1 Å². The van der Waals surface area contributed by atoms with Gasteiger partial charge in [-0.2, -0.15) is 4.99 Å². The highest BCUT2D eigenvalue weighted by Gasteiger charge is 2.12. The monoisotopic (exact) mass is 319 g/mol. The number of halogens is 2. The molecular formula is C16H15ClFN3O. The van der Waals surface area contributed by atoms with Crippen molar-refractivity contribution in [3.63, 3.8) is 0 Å². The van der Waals surface area contributed by atoms with Crippen molar-refractivity contribution in [2.75, 3.05) is 0 Å². The molecular weight excluding hydrogens is 305 g/mol. The quantitative estimate of drug-likeness (QED) is 0.674. The summed E-state index contributed by atoms with van der Waals surface area (Å²) in [5.74, 6) is -1.07. The Morgan fingerprint density at radius 1 is 1.18 bits per heavy atom. The van der Waals surface area contributed by atoms with E-state index in [1.165, 1.54) is 12.1 Å². The Kier molecular flexibility index (Phi) is 4.78. The van der Waals surface area contributed by atoms with E-state index in [4.69, 9.17) is 23.1 Å². The zero-order valence-corrected chi connectivity index (χ0v) is 12.7. The fourth-order valence-corrected chi connectivity index (χ4v) is 2.44. The van der Waals surface area contributed by atoms with Crippen LogP contribution in [0.1, 0.15) is 11.1 Å². The Hall–Kier alpha value is -2.40. The highest BCUT2D eigenvalue weighted by Crippen LogP contribution is 2.30. The summed E-state index contributed by atoms with van der Waals surface area (Å²) < 4.78 is 13.3. The van der Waals surface area contributed by atoms with Crippen LogP contribution in [0.5, 0.6) is 0 Å². The lowest BCUT2D eigenvalue weighted by Crippen LogP contribution is -2.24. The number of carbonyl (C=O) groups is 1. The van der Waals surface area contributed by atoms with Gasteiger partial charge in [0.25, 0.3) is 5.91 Å². The van der Waals surface area contributed by atoms with Crippen LogP contribution in [0.2, 0.25) is 5.02 Å². The number of nitrogens with two attached hydrogens (primary N) is 2. The summed E-state index contributed by atoms with van der Waals surface area (Å²) >= 11 is 6.00. The molecule has 1 amide bonds. The average Bonchev–Trinajstić information content (AvgIpc) is 2.39. The van der Waals surface area contributed by atoms with E-state index in [0.717, 1.165) is 16.7 Å². The molecule has 0 unspecified atom stereocenters. The van der Waals surface area contributed by atoms with Crippen LogP contribution in [0.25, 0.3) is 11.1 Å². The number of rotatable bonds is 3. The zero-order valence-electron chi connectivity index (χ0n) is 11.9. The maximum atomic E-state index is 13.3. The van der Waals surface area contributed by atoms with Crippen molar-refractivity contribution in [2.24, 2.45) is 16.5 Å². The molecule has 0 radical (unpaired) electrons. The standard InChI is InChI=1S/C16H15ClFN3O/c1-9-6-12(18)3-5-13(9)14-4-2-11(17)7-10(14)8-15(22)21-16(19)20/h2-7H,8H2,1H3,(H4,19,20,21,22). The minimum Gasteiger partial charge on any atom is -0.370 e. The molecule has 0 heterocycles. The first-order valence-corrected chi connectivity index (χ1v) is 6.92. The zero-order chi connectivity index (χ0) is 16.3. The predicted octanol–water partition coefficient (Wildman–Crippen LogP) is 2.80. The van der Waals surface area contributed by atoms with Crippen molar-refractivity contribution >= 4 is 23.5 Å². The van der Waals surface area contributed by atoms with Gasteiger partial charge in [0, 0.05) is 5.02 Å². The minimum atomic E-state index is -0.469. The summed E-state index contributed by atoms with van der Waals surface area (Å²) in [5, 5.41) is 0.496.